The zero-order valence-electron chi connectivity index (χ0n) is 14.3. The van der Waals surface area contributed by atoms with Crippen LogP contribution in [0, 0.1) is 11.7 Å². The minimum absolute atomic E-state index is 0.0288. The van der Waals surface area contributed by atoms with Crippen LogP contribution in [0.1, 0.15) is 25.0 Å². The summed E-state index contributed by atoms with van der Waals surface area (Å²) in [6.45, 7) is 3.47. The number of rotatable bonds is 8. The second kappa shape index (κ2) is 8.97. The fraction of sp³-hybridized carbons (Fsp3) is 0.300. The molecule has 0 aliphatic carbocycles. The molecule has 2 rings (SSSR count). The van der Waals surface area contributed by atoms with Gasteiger partial charge in [-0.2, -0.15) is 0 Å². The van der Waals surface area contributed by atoms with E-state index in [-0.39, 0.29) is 24.4 Å². The first-order valence-corrected chi connectivity index (χ1v) is 8.13. The van der Waals surface area contributed by atoms with Gasteiger partial charge in [0.2, 0.25) is 0 Å². The molecule has 2 aromatic rings. The Kier molecular flexibility index (Phi) is 6.69. The molecular formula is C20H21FO4. The Labute approximate surface area is 146 Å². The summed E-state index contributed by atoms with van der Waals surface area (Å²) >= 11 is 0. The normalized spacial score (nSPS) is 11.6. The minimum Gasteiger partial charge on any atom is -0.489 e. The Morgan fingerprint density at radius 3 is 2.44 bits per heavy atom. The number of hydrogen-bond acceptors (Lipinski definition) is 4. The maximum Gasteiger partial charge on any atom is 0.316 e. The number of hydrogen-bond donors (Lipinski definition) is 0. The summed E-state index contributed by atoms with van der Waals surface area (Å²) in [5.74, 6) is -2.09. The van der Waals surface area contributed by atoms with Crippen LogP contribution in [0.2, 0.25) is 0 Å². The first-order valence-electron chi connectivity index (χ1n) is 8.13. The highest BCUT2D eigenvalue weighted by Gasteiger charge is 2.26. The predicted molar refractivity (Wildman–Crippen MR) is 91.7 cm³/mol. The van der Waals surface area contributed by atoms with Crippen molar-refractivity contribution in [2.75, 3.05) is 6.61 Å². The van der Waals surface area contributed by atoms with Crippen LogP contribution in [0.3, 0.4) is 0 Å². The Hall–Kier alpha value is -2.69. The quantitative estimate of drug-likeness (QED) is 0.541. The zero-order chi connectivity index (χ0) is 18.2. The number of carbonyl (C=O) groups excluding carboxylic acids is 2. The summed E-state index contributed by atoms with van der Waals surface area (Å²) in [7, 11) is 0. The highest BCUT2D eigenvalue weighted by Crippen LogP contribution is 2.21. The van der Waals surface area contributed by atoms with Gasteiger partial charge in [-0.15, -0.1) is 0 Å². The molecule has 0 saturated heterocycles. The predicted octanol–water partition coefficient (Wildman–Crippen LogP) is 3.72. The van der Waals surface area contributed by atoms with Gasteiger partial charge < -0.3 is 9.47 Å². The van der Waals surface area contributed by atoms with E-state index in [1.807, 2.05) is 30.3 Å². The van der Waals surface area contributed by atoms with Crippen molar-refractivity contribution >= 4 is 11.8 Å². The zero-order valence-corrected chi connectivity index (χ0v) is 14.3. The van der Waals surface area contributed by atoms with Crippen molar-refractivity contribution in [3.05, 3.63) is 65.5 Å². The number of ketones is 1. The molecule has 0 radical (unpaired) electrons. The molecule has 0 aliphatic rings. The molecule has 132 valence electrons. The van der Waals surface area contributed by atoms with E-state index in [1.54, 1.807) is 13.0 Å². The molecule has 0 N–H and O–H groups in total. The van der Waals surface area contributed by atoms with E-state index in [1.165, 1.54) is 19.1 Å². The van der Waals surface area contributed by atoms with Gasteiger partial charge >= 0.3 is 5.97 Å². The molecule has 0 amide bonds. The Bertz CT molecular complexity index is 728. The van der Waals surface area contributed by atoms with E-state index < -0.39 is 17.7 Å². The smallest absolute Gasteiger partial charge is 0.316 e. The monoisotopic (exact) mass is 344 g/mol. The summed E-state index contributed by atoms with van der Waals surface area (Å²) < 4.78 is 24.8. The van der Waals surface area contributed by atoms with Gasteiger partial charge in [-0.3, -0.25) is 9.59 Å². The number of ether oxygens (including phenoxy) is 2. The van der Waals surface area contributed by atoms with Crippen LogP contribution in [0.25, 0.3) is 0 Å². The summed E-state index contributed by atoms with van der Waals surface area (Å²) in [6, 6.07) is 14.0. The number of esters is 1. The Balaban J connectivity index is 2.05. The van der Waals surface area contributed by atoms with E-state index in [9.17, 15) is 14.0 Å². The second-order valence-corrected chi connectivity index (χ2v) is 5.65. The molecule has 0 heterocycles. The van der Waals surface area contributed by atoms with E-state index in [4.69, 9.17) is 9.47 Å². The van der Waals surface area contributed by atoms with Crippen LogP contribution in [0.5, 0.6) is 5.75 Å². The number of carbonyl (C=O) groups is 2. The lowest BCUT2D eigenvalue weighted by Crippen LogP contribution is -2.26. The van der Waals surface area contributed by atoms with Crippen LogP contribution in [-0.4, -0.2) is 18.4 Å². The molecule has 0 fully saturated rings. The highest BCUT2D eigenvalue weighted by molar-refractivity contribution is 5.98. The maximum absolute atomic E-state index is 14.3. The van der Waals surface area contributed by atoms with E-state index in [0.29, 0.717) is 12.4 Å². The molecule has 25 heavy (non-hydrogen) atoms. The van der Waals surface area contributed by atoms with E-state index in [2.05, 4.69) is 0 Å². The summed E-state index contributed by atoms with van der Waals surface area (Å²) in [6.07, 6.45) is -0.0288. The summed E-state index contributed by atoms with van der Waals surface area (Å²) in [5, 5.41) is 0. The molecule has 0 saturated carbocycles. The fourth-order valence-corrected chi connectivity index (χ4v) is 2.38. The molecular weight excluding hydrogens is 323 g/mol. The van der Waals surface area contributed by atoms with Crippen molar-refractivity contribution in [2.24, 2.45) is 5.92 Å². The molecule has 0 spiro atoms. The SMILES string of the molecule is CCOC(=O)C(Cc1ccc(OCc2ccccc2)cc1F)C(C)=O. The summed E-state index contributed by atoms with van der Waals surface area (Å²) in [5.41, 5.74) is 1.26. The van der Waals surface area contributed by atoms with E-state index >= 15 is 0 Å². The number of halogens is 1. The molecule has 4 nitrogen and oxygen atoms in total. The van der Waals surface area contributed by atoms with Gasteiger partial charge in [-0.1, -0.05) is 36.4 Å². The van der Waals surface area contributed by atoms with Gasteiger partial charge in [0, 0.05) is 6.07 Å². The van der Waals surface area contributed by atoms with Crippen LogP contribution >= 0.6 is 0 Å². The van der Waals surface area contributed by atoms with Gasteiger partial charge in [0.1, 0.15) is 29.9 Å². The van der Waals surface area contributed by atoms with Crippen molar-refractivity contribution in [1.29, 1.82) is 0 Å². The van der Waals surface area contributed by atoms with Crippen molar-refractivity contribution in [3.63, 3.8) is 0 Å². The average molecular weight is 344 g/mol. The third-order valence-corrected chi connectivity index (χ3v) is 3.76. The van der Waals surface area contributed by atoms with Gasteiger partial charge in [0.15, 0.2) is 0 Å². The van der Waals surface area contributed by atoms with Gasteiger partial charge in [-0.25, -0.2) is 4.39 Å². The average Bonchev–Trinajstić information content (AvgIpc) is 2.60. The van der Waals surface area contributed by atoms with Crippen LogP contribution in [-0.2, 0) is 27.4 Å². The largest absolute Gasteiger partial charge is 0.489 e. The van der Waals surface area contributed by atoms with Gasteiger partial charge in [0.05, 0.1) is 6.61 Å². The first kappa shape index (κ1) is 18.6. The van der Waals surface area contributed by atoms with Gasteiger partial charge in [0.25, 0.3) is 0 Å². The second-order valence-electron chi connectivity index (χ2n) is 5.65. The fourth-order valence-electron chi connectivity index (χ4n) is 2.38. The molecule has 0 bridgehead atoms. The van der Waals surface area contributed by atoms with Crippen molar-refractivity contribution in [2.45, 2.75) is 26.9 Å². The van der Waals surface area contributed by atoms with Gasteiger partial charge in [-0.05, 0) is 37.5 Å². The number of benzene rings is 2. The lowest BCUT2D eigenvalue weighted by molar-refractivity contribution is -0.151. The standard InChI is InChI=1S/C20H21FO4/c1-3-24-20(23)18(14(2)22)11-16-9-10-17(12-19(16)21)25-13-15-7-5-4-6-8-15/h4-10,12,18H,3,11,13H2,1-2H3. The topological polar surface area (TPSA) is 52.6 Å². The lowest BCUT2D eigenvalue weighted by atomic mass is 9.95. The molecule has 2 aromatic carbocycles. The highest BCUT2D eigenvalue weighted by atomic mass is 19.1. The molecule has 5 heteroatoms. The molecule has 1 atom stereocenters. The number of Topliss-reactive ketones (excluding diaryl/α,β-unsaturated/α-hetero) is 1. The van der Waals surface area contributed by atoms with Crippen LogP contribution in [0.4, 0.5) is 4.39 Å². The Morgan fingerprint density at radius 1 is 1.12 bits per heavy atom. The maximum atomic E-state index is 14.3. The molecule has 1 unspecified atom stereocenters. The van der Waals surface area contributed by atoms with Crippen molar-refractivity contribution in [1.82, 2.24) is 0 Å². The van der Waals surface area contributed by atoms with E-state index in [0.717, 1.165) is 5.56 Å². The minimum atomic E-state index is -0.995. The summed E-state index contributed by atoms with van der Waals surface area (Å²) in [4.78, 5) is 23.5. The van der Waals surface area contributed by atoms with Crippen molar-refractivity contribution in [3.8, 4) is 5.75 Å². The van der Waals surface area contributed by atoms with Crippen LogP contribution < -0.4 is 4.74 Å². The molecule has 0 aliphatic heterocycles. The lowest BCUT2D eigenvalue weighted by Gasteiger charge is -2.14. The first-order chi connectivity index (χ1) is 12.0. The molecule has 0 aromatic heterocycles. The third kappa shape index (κ3) is 5.41. The third-order valence-electron chi connectivity index (χ3n) is 3.76. The Morgan fingerprint density at radius 2 is 1.84 bits per heavy atom. The van der Waals surface area contributed by atoms with Crippen LogP contribution in [0.15, 0.2) is 48.5 Å². The van der Waals surface area contributed by atoms with Crippen molar-refractivity contribution < 1.29 is 23.5 Å².